The molecule has 2 heterocycles. The van der Waals surface area contributed by atoms with Crippen LogP contribution >= 0.6 is 0 Å². The molecule has 1 aromatic heterocycles. The minimum Gasteiger partial charge on any atom is -0.361 e. The molecule has 0 aliphatic carbocycles. The monoisotopic (exact) mass is 412 g/mol. The Bertz CT molecular complexity index is 1110. The van der Waals surface area contributed by atoms with Crippen molar-refractivity contribution in [1.82, 2.24) is 10.5 Å². The van der Waals surface area contributed by atoms with Crippen LogP contribution in [-0.4, -0.2) is 24.8 Å². The van der Waals surface area contributed by atoms with Crippen molar-refractivity contribution >= 4 is 16.9 Å². The van der Waals surface area contributed by atoms with Crippen molar-refractivity contribution in [2.75, 3.05) is 24.5 Å². The van der Waals surface area contributed by atoms with Crippen LogP contribution in [0, 0.1) is 38.0 Å². The van der Waals surface area contributed by atoms with E-state index >= 15 is 0 Å². The maximum absolute atomic E-state index is 9.16. The second kappa shape index (κ2) is 8.79. The van der Waals surface area contributed by atoms with Crippen LogP contribution in [0.3, 0.4) is 0 Å². The Morgan fingerprint density at radius 3 is 2.61 bits per heavy atom. The fourth-order valence-corrected chi connectivity index (χ4v) is 4.33. The molecular weight excluding hydrogens is 384 g/mol. The molecule has 1 fully saturated rings. The summed E-state index contributed by atoms with van der Waals surface area (Å²) in [5.41, 5.74) is 7.91. The number of aryl methyl sites for hydroxylation is 3. The summed E-state index contributed by atoms with van der Waals surface area (Å²) in [6.45, 7) is 12.9. The summed E-state index contributed by atoms with van der Waals surface area (Å²) >= 11 is 0. The second-order valence-corrected chi connectivity index (χ2v) is 8.31. The van der Waals surface area contributed by atoms with E-state index in [1.165, 1.54) is 17.7 Å². The van der Waals surface area contributed by atoms with Crippen molar-refractivity contribution < 1.29 is 4.52 Å². The highest BCUT2D eigenvalue weighted by Gasteiger charge is 2.22. The van der Waals surface area contributed by atoms with E-state index in [1.807, 2.05) is 26.0 Å². The highest BCUT2D eigenvalue weighted by Crippen LogP contribution is 2.36. The smallest absolute Gasteiger partial charge is 0.141 e. The maximum Gasteiger partial charge on any atom is 0.141 e. The SMILES string of the molecule is C=C(C#N)c1ccc(N(CC2CCNC2)c2cc(-c3c(C)noc3C)ccc2C)cc1. The Hall–Kier alpha value is -3.36. The molecule has 5 nitrogen and oxygen atoms in total. The van der Waals surface area contributed by atoms with Gasteiger partial charge in [-0.25, -0.2) is 0 Å². The predicted molar refractivity (Wildman–Crippen MR) is 125 cm³/mol. The first kappa shape index (κ1) is 20.9. The van der Waals surface area contributed by atoms with Crippen molar-refractivity contribution in [2.24, 2.45) is 5.92 Å². The summed E-state index contributed by atoms with van der Waals surface area (Å²) in [5.74, 6) is 1.41. The van der Waals surface area contributed by atoms with Crippen molar-refractivity contribution in [3.05, 3.63) is 71.6 Å². The van der Waals surface area contributed by atoms with Crippen LogP contribution in [0.4, 0.5) is 11.4 Å². The lowest BCUT2D eigenvalue weighted by Gasteiger charge is -2.30. The molecule has 4 rings (SSSR count). The Labute approximate surface area is 184 Å². The van der Waals surface area contributed by atoms with Crippen molar-refractivity contribution in [1.29, 1.82) is 5.26 Å². The largest absolute Gasteiger partial charge is 0.361 e. The number of aromatic nitrogens is 1. The molecule has 1 atom stereocenters. The van der Waals surface area contributed by atoms with Crippen molar-refractivity contribution in [2.45, 2.75) is 27.2 Å². The average molecular weight is 413 g/mol. The molecule has 3 aromatic rings. The van der Waals surface area contributed by atoms with E-state index < -0.39 is 0 Å². The van der Waals surface area contributed by atoms with Crippen LogP contribution in [0.2, 0.25) is 0 Å². The summed E-state index contributed by atoms with van der Waals surface area (Å²) in [7, 11) is 0. The van der Waals surface area contributed by atoms with Crippen LogP contribution in [-0.2, 0) is 0 Å². The van der Waals surface area contributed by atoms with E-state index in [0.717, 1.165) is 53.5 Å². The van der Waals surface area contributed by atoms with Crippen LogP contribution in [0.15, 0.2) is 53.6 Å². The Morgan fingerprint density at radius 2 is 2.00 bits per heavy atom. The molecule has 0 saturated carbocycles. The number of hydrogen-bond donors (Lipinski definition) is 1. The Kier molecular flexibility index (Phi) is 5.92. The molecular formula is C26H28N4O. The molecule has 0 spiro atoms. The van der Waals surface area contributed by atoms with Gasteiger partial charge in [0.05, 0.1) is 17.3 Å². The van der Waals surface area contributed by atoms with Gasteiger partial charge in [0.15, 0.2) is 0 Å². The zero-order valence-electron chi connectivity index (χ0n) is 18.4. The van der Waals surface area contributed by atoms with Crippen LogP contribution in [0.5, 0.6) is 0 Å². The Morgan fingerprint density at radius 1 is 1.23 bits per heavy atom. The van der Waals surface area contributed by atoms with E-state index in [2.05, 4.69) is 65.3 Å². The molecule has 5 heteroatoms. The lowest BCUT2D eigenvalue weighted by atomic mass is 9.99. The number of nitrogens with one attached hydrogen (secondary N) is 1. The first-order valence-electron chi connectivity index (χ1n) is 10.7. The van der Waals surface area contributed by atoms with E-state index in [4.69, 9.17) is 9.78 Å². The van der Waals surface area contributed by atoms with Crippen LogP contribution in [0.25, 0.3) is 16.7 Å². The Balaban J connectivity index is 1.77. The molecule has 1 unspecified atom stereocenters. The van der Waals surface area contributed by atoms with Gasteiger partial charge in [-0.2, -0.15) is 5.26 Å². The number of rotatable bonds is 6. The third-order valence-electron chi connectivity index (χ3n) is 6.09. The standard InChI is InChI=1S/C26H28N4O/c1-17-5-6-23(26-19(3)29-31-20(26)4)13-25(17)30(16-21-11-12-28-15-21)24-9-7-22(8-10-24)18(2)14-27/h5-10,13,21,28H,2,11-12,15-16H2,1,3-4H3. The van der Waals surface area contributed by atoms with Gasteiger partial charge in [-0.05, 0) is 81.1 Å². The fourth-order valence-electron chi connectivity index (χ4n) is 4.33. The van der Waals surface area contributed by atoms with Gasteiger partial charge in [0.1, 0.15) is 5.76 Å². The molecule has 1 N–H and O–H groups in total. The third-order valence-corrected chi connectivity index (χ3v) is 6.09. The van der Waals surface area contributed by atoms with Gasteiger partial charge in [-0.3, -0.25) is 0 Å². The van der Waals surface area contributed by atoms with Gasteiger partial charge in [0.2, 0.25) is 0 Å². The lowest BCUT2D eigenvalue weighted by molar-refractivity contribution is 0.393. The summed E-state index contributed by atoms with van der Waals surface area (Å²) in [6.07, 6.45) is 1.17. The van der Waals surface area contributed by atoms with Crippen LogP contribution < -0.4 is 10.2 Å². The minimum atomic E-state index is 0.481. The van der Waals surface area contributed by atoms with Gasteiger partial charge >= 0.3 is 0 Å². The minimum absolute atomic E-state index is 0.481. The molecule has 31 heavy (non-hydrogen) atoms. The number of nitrogens with zero attached hydrogens (tertiary/aromatic N) is 3. The molecule has 0 amide bonds. The van der Waals surface area contributed by atoms with Gasteiger partial charge in [0.25, 0.3) is 0 Å². The van der Waals surface area contributed by atoms with E-state index in [9.17, 15) is 0 Å². The maximum atomic E-state index is 9.16. The van der Waals surface area contributed by atoms with E-state index in [1.54, 1.807) is 0 Å². The zero-order valence-corrected chi connectivity index (χ0v) is 18.4. The van der Waals surface area contributed by atoms with Gasteiger partial charge in [-0.15, -0.1) is 0 Å². The normalized spacial score (nSPS) is 15.6. The van der Waals surface area contributed by atoms with E-state index in [0.29, 0.717) is 11.5 Å². The molecule has 1 saturated heterocycles. The number of benzene rings is 2. The number of nitriles is 1. The number of hydrogen-bond acceptors (Lipinski definition) is 5. The summed E-state index contributed by atoms with van der Waals surface area (Å²) < 4.78 is 5.41. The second-order valence-electron chi connectivity index (χ2n) is 8.31. The lowest BCUT2D eigenvalue weighted by Crippen LogP contribution is -2.27. The fraction of sp³-hybridized carbons (Fsp3) is 0.308. The third kappa shape index (κ3) is 4.26. The van der Waals surface area contributed by atoms with Crippen molar-refractivity contribution in [3.63, 3.8) is 0 Å². The van der Waals surface area contributed by atoms with Crippen LogP contribution in [0.1, 0.15) is 29.0 Å². The molecule has 0 radical (unpaired) electrons. The quantitative estimate of drug-likeness (QED) is 0.538. The number of allylic oxidation sites excluding steroid dienone is 1. The zero-order chi connectivity index (χ0) is 22.0. The van der Waals surface area contributed by atoms with Gasteiger partial charge in [0, 0.05) is 23.5 Å². The first-order valence-corrected chi connectivity index (χ1v) is 10.7. The molecule has 2 aromatic carbocycles. The highest BCUT2D eigenvalue weighted by molar-refractivity contribution is 5.78. The molecule has 0 bridgehead atoms. The summed E-state index contributed by atoms with van der Waals surface area (Å²) in [6, 6.07) is 16.8. The first-order chi connectivity index (χ1) is 15.0. The predicted octanol–water partition coefficient (Wildman–Crippen LogP) is 5.55. The van der Waals surface area contributed by atoms with Crippen molar-refractivity contribution in [3.8, 4) is 17.2 Å². The number of anilines is 2. The molecule has 1 aliphatic heterocycles. The summed E-state index contributed by atoms with van der Waals surface area (Å²) in [5, 5.41) is 16.8. The highest BCUT2D eigenvalue weighted by atomic mass is 16.5. The van der Waals surface area contributed by atoms with Gasteiger partial charge in [-0.1, -0.05) is 36.0 Å². The topological polar surface area (TPSA) is 65.1 Å². The average Bonchev–Trinajstić information content (AvgIpc) is 3.42. The molecule has 1 aliphatic rings. The summed E-state index contributed by atoms with van der Waals surface area (Å²) in [4.78, 5) is 2.40. The van der Waals surface area contributed by atoms with Gasteiger partial charge < -0.3 is 14.7 Å². The van der Waals surface area contributed by atoms with E-state index in [-0.39, 0.29) is 0 Å². The molecule has 158 valence electrons.